The van der Waals surface area contributed by atoms with Gasteiger partial charge in [-0.2, -0.15) is 5.10 Å². The molecule has 0 saturated carbocycles. The van der Waals surface area contributed by atoms with Gasteiger partial charge in [0.2, 0.25) is 0 Å². The van der Waals surface area contributed by atoms with Crippen LogP contribution in [0.2, 0.25) is 0 Å². The van der Waals surface area contributed by atoms with Gasteiger partial charge in [-0.3, -0.25) is 4.68 Å². The predicted molar refractivity (Wildman–Crippen MR) is 62.3 cm³/mol. The molecule has 1 aromatic rings. The third-order valence-electron chi connectivity index (χ3n) is 3.95. The first-order valence-electron chi connectivity index (χ1n) is 6.43. The van der Waals surface area contributed by atoms with Gasteiger partial charge in [-0.1, -0.05) is 6.92 Å². The van der Waals surface area contributed by atoms with Gasteiger partial charge in [-0.15, -0.1) is 0 Å². The summed E-state index contributed by atoms with van der Waals surface area (Å²) in [5.41, 5.74) is 0. The van der Waals surface area contributed by atoms with Crippen molar-refractivity contribution in [2.24, 2.45) is 7.05 Å². The van der Waals surface area contributed by atoms with Gasteiger partial charge in [0.25, 0.3) is 0 Å². The molecule has 2 aliphatic heterocycles. The highest BCUT2D eigenvalue weighted by Crippen LogP contribution is 2.38. The van der Waals surface area contributed by atoms with E-state index in [1.807, 2.05) is 11.7 Å². The quantitative estimate of drug-likeness (QED) is 0.836. The molecule has 2 fully saturated rings. The van der Waals surface area contributed by atoms with Crippen molar-refractivity contribution in [3.63, 3.8) is 0 Å². The Labute approximate surface area is 96.4 Å². The molecule has 3 atom stereocenters. The fraction of sp³-hybridized carbons (Fsp3) is 0.833. The zero-order valence-corrected chi connectivity index (χ0v) is 10.1. The van der Waals surface area contributed by atoms with Crippen molar-refractivity contribution >= 4 is 0 Å². The van der Waals surface area contributed by atoms with Crippen LogP contribution in [0.1, 0.15) is 50.2 Å². The van der Waals surface area contributed by atoms with E-state index in [0.717, 1.165) is 24.7 Å². The number of fused-ring (bicyclic) bond motifs is 2. The molecule has 2 bridgehead atoms. The van der Waals surface area contributed by atoms with Crippen molar-refractivity contribution in [1.82, 2.24) is 20.1 Å². The highest BCUT2D eigenvalue weighted by molar-refractivity contribution is 5.12. The number of aromatic nitrogens is 3. The van der Waals surface area contributed by atoms with Crippen molar-refractivity contribution in [1.29, 1.82) is 0 Å². The molecule has 2 saturated heterocycles. The van der Waals surface area contributed by atoms with Crippen molar-refractivity contribution in [3.8, 4) is 0 Å². The van der Waals surface area contributed by atoms with Crippen LogP contribution in [-0.4, -0.2) is 26.8 Å². The zero-order valence-electron chi connectivity index (χ0n) is 10.1. The van der Waals surface area contributed by atoms with E-state index in [1.54, 1.807) is 0 Å². The lowest BCUT2D eigenvalue weighted by atomic mass is 9.88. The molecule has 0 spiro atoms. The second-order valence-electron chi connectivity index (χ2n) is 5.15. The molecule has 16 heavy (non-hydrogen) atoms. The van der Waals surface area contributed by atoms with Crippen LogP contribution in [0.3, 0.4) is 0 Å². The van der Waals surface area contributed by atoms with Crippen molar-refractivity contribution < 1.29 is 0 Å². The summed E-state index contributed by atoms with van der Waals surface area (Å²) in [7, 11) is 2.04. The highest BCUT2D eigenvalue weighted by atomic mass is 15.3. The second kappa shape index (κ2) is 3.84. The smallest absolute Gasteiger partial charge is 0.150 e. The van der Waals surface area contributed by atoms with Crippen LogP contribution in [0.25, 0.3) is 0 Å². The van der Waals surface area contributed by atoms with Crippen LogP contribution in [0, 0.1) is 0 Å². The van der Waals surface area contributed by atoms with E-state index in [4.69, 9.17) is 4.98 Å². The Morgan fingerprint density at radius 3 is 2.94 bits per heavy atom. The second-order valence-corrected chi connectivity index (χ2v) is 5.15. The van der Waals surface area contributed by atoms with Gasteiger partial charge in [-0.05, 0) is 25.7 Å². The van der Waals surface area contributed by atoms with Crippen molar-refractivity contribution in [2.75, 3.05) is 0 Å². The average molecular weight is 220 g/mol. The van der Waals surface area contributed by atoms with E-state index in [1.165, 1.54) is 25.1 Å². The predicted octanol–water partition coefficient (Wildman–Crippen LogP) is 1.38. The summed E-state index contributed by atoms with van der Waals surface area (Å²) in [4.78, 5) is 4.71. The fourth-order valence-corrected chi connectivity index (χ4v) is 3.21. The van der Waals surface area contributed by atoms with Crippen LogP contribution in [0.4, 0.5) is 0 Å². The highest BCUT2D eigenvalue weighted by Gasteiger charge is 2.41. The lowest BCUT2D eigenvalue weighted by molar-refractivity contribution is 0.469. The van der Waals surface area contributed by atoms with E-state index in [9.17, 15) is 0 Å². The van der Waals surface area contributed by atoms with Gasteiger partial charge in [0.1, 0.15) is 5.82 Å². The summed E-state index contributed by atoms with van der Waals surface area (Å²) < 4.78 is 2.00. The minimum Gasteiger partial charge on any atom is -0.310 e. The molecule has 1 aromatic heterocycles. The number of aryl methyl sites for hydroxylation is 2. The third-order valence-corrected chi connectivity index (χ3v) is 3.95. The molecule has 2 aliphatic rings. The first-order valence-corrected chi connectivity index (χ1v) is 6.43. The number of hydrogen-bond donors (Lipinski definition) is 1. The van der Waals surface area contributed by atoms with Gasteiger partial charge in [0.15, 0.2) is 5.82 Å². The molecule has 88 valence electrons. The molecule has 3 rings (SSSR count). The monoisotopic (exact) mass is 220 g/mol. The van der Waals surface area contributed by atoms with Crippen LogP contribution in [0.5, 0.6) is 0 Å². The van der Waals surface area contributed by atoms with Crippen LogP contribution >= 0.6 is 0 Å². The minimum atomic E-state index is 0.599. The maximum atomic E-state index is 4.71. The van der Waals surface area contributed by atoms with Gasteiger partial charge in [-0.25, -0.2) is 4.98 Å². The zero-order chi connectivity index (χ0) is 11.1. The van der Waals surface area contributed by atoms with Gasteiger partial charge >= 0.3 is 0 Å². The maximum absolute atomic E-state index is 4.71. The Kier molecular flexibility index (Phi) is 2.46. The fourth-order valence-electron chi connectivity index (χ4n) is 3.21. The van der Waals surface area contributed by atoms with E-state index in [-0.39, 0.29) is 0 Å². The summed E-state index contributed by atoms with van der Waals surface area (Å²) >= 11 is 0. The van der Waals surface area contributed by atoms with E-state index in [0.29, 0.717) is 12.0 Å². The van der Waals surface area contributed by atoms with Gasteiger partial charge in [0, 0.05) is 31.5 Å². The molecule has 0 aliphatic carbocycles. The summed E-state index contributed by atoms with van der Waals surface area (Å²) in [6, 6.07) is 1.39. The Hall–Kier alpha value is -0.900. The number of hydrogen-bond acceptors (Lipinski definition) is 3. The molecule has 1 N–H and O–H groups in total. The molecule has 4 nitrogen and oxygen atoms in total. The Morgan fingerprint density at radius 1 is 1.44 bits per heavy atom. The van der Waals surface area contributed by atoms with Crippen LogP contribution in [0.15, 0.2) is 0 Å². The third kappa shape index (κ3) is 1.56. The standard InChI is InChI=1S/C12H20N4/c1-3-4-11-14-12(16(2)15-11)9-7-8-5-6-10(9)13-8/h8-10,13H,3-7H2,1-2H3. The molecular formula is C12H20N4. The molecular weight excluding hydrogens is 200 g/mol. The summed E-state index contributed by atoms with van der Waals surface area (Å²) in [6.07, 6.45) is 6.04. The first kappa shape index (κ1) is 10.3. The maximum Gasteiger partial charge on any atom is 0.150 e. The lowest BCUT2D eigenvalue weighted by Gasteiger charge is -2.18. The molecule has 4 heteroatoms. The number of rotatable bonds is 3. The minimum absolute atomic E-state index is 0.599. The van der Waals surface area contributed by atoms with Crippen molar-refractivity contribution in [2.45, 2.75) is 57.0 Å². The van der Waals surface area contributed by atoms with E-state index < -0.39 is 0 Å². The normalized spacial score (nSPS) is 32.5. The molecule has 0 aromatic carbocycles. The summed E-state index contributed by atoms with van der Waals surface area (Å²) in [6.45, 7) is 2.18. The summed E-state index contributed by atoms with van der Waals surface area (Å²) in [5.74, 6) is 2.81. The van der Waals surface area contributed by atoms with Crippen molar-refractivity contribution in [3.05, 3.63) is 11.6 Å². The van der Waals surface area contributed by atoms with Gasteiger partial charge in [0.05, 0.1) is 0 Å². The first-order chi connectivity index (χ1) is 7.78. The summed E-state index contributed by atoms with van der Waals surface area (Å²) in [5, 5.41) is 8.17. The molecule has 3 heterocycles. The molecule has 3 unspecified atom stereocenters. The Balaban J connectivity index is 1.83. The average Bonchev–Trinajstić information content (AvgIpc) is 2.93. The van der Waals surface area contributed by atoms with Crippen LogP contribution < -0.4 is 5.32 Å². The molecule has 0 amide bonds. The lowest BCUT2D eigenvalue weighted by Crippen LogP contribution is -2.23. The number of nitrogens with zero attached hydrogens (tertiary/aromatic N) is 3. The van der Waals surface area contributed by atoms with E-state index in [2.05, 4.69) is 17.3 Å². The topological polar surface area (TPSA) is 42.7 Å². The number of nitrogens with one attached hydrogen (secondary N) is 1. The Morgan fingerprint density at radius 2 is 2.31 bits per heavy atom. The Bertz CT molecular complexity index is 384. The largest absolute Gasteiger partial charge is 0.310 e. The van der Waals surface area contributed by atoms with Crippen LogP contribution in [-0.2, 0) is 13.5 Å². The van der Waals surface area contributed by atoms with E-state index >= 15 is 0 Å². The van der Waals surface area contributed by atoms with Gasteiger partial charge < -0.3 is 5.32 Å². The SMILES string of the molecule is CCCc1nc(C2CC3CCC2N3)n(C)n1. The molecule has 0 radical (unpaired) electrons.